The normalized spacial score (nSPS) is 31.6. The molecule has 2 heterocycles. The van der Waals surface area contributed by atoms with Crippen molar-refractivity contribution < 1.29 is 9.53 Å². The fourth-order valence-corrected chi connectivity index (χ4v) is 6.20. The smallest absolute Gasteiger partial charge is 0.262 e. The van der Waals surface area contributed by atoms with Crippen molar-refractivity contribution in [2.75, 3.05) is 14.2 Å². The zero-order chi connectivity index (χ0) is 19.5. The van der Waals surface area contributed by atoms with Crippen LogP contribution in [0.2, 0.25) is 0 Å². The van der Waals surface area contributed by atoms with E-state index in [0.29, 0.717) is 5.96 Å². The molecule has 0 saturated heterocycles. The summed E-state index contributed by atoms with van der Waals surface area (Å²) in [7, 11) is 3.52. The van der Waals surface area contributed by atoms with Crippen LogP contribution in [0, 0.1) is 5.41 Å². The van der Waals surface area contributed by atoms with Gasteiger partial charge in [0.25, 0.3) is 5.91 Å². The molecule has 1 unspecified atom stereocenters. The lowest BCUT2D eigenvalue weighted by molar-refractivity contribution is -0.137. The SMILES string of the molecule is COC1CCC2(CC1)Cc1ccc(-c3ccsc3)cc1C21N=C(N)N(C)C1=O. The second kappa shape index (κ2) is 6.16. The van der Waals surface area contributed by atoms with Gasteiger partial charge in [-0.1, -0.05) is 12.1 Å². The van der Waals surface area contributed by atoms with Gasteiger partial charge in [0.1, 0.15) is 0 Å². The molecule has 5 rings (SSSR count). The lowest BCUT2D eigenvalue weighted by atomic mass is 9.61. The van der Waals surface area contributed by atoms with Gasteiger partial charge in [-0.3, -0.25) is 9.69 Å². The van der Waals surface area contributed by atoms with E-state index >= 15 is 0 Å². The van der Waals surface area contributed by atoms with Crippen molar-refractivity contribution in [2.45, 2.75) is 43.7 Å². The highest BCUT2D eigenvalue weighted by Gasteiger charge is 2.66. The molecule has 5 nitrogen and oxygen atoms in total. The number of benzene rings is 1. The number of guanidine groups is 1. The van der Waals surface area contributed by atoms with Gasteiger partial charge in [0, 0.05) is 19.6 Å². The molecule has 28 heavy (non-hydrogen) atoms. The van der Waals surface area contributed by atoms with Gasteiger partial charge in [-0.25, -0.2) is 4.99 Å². The molecule has 2 spiro atoms. The van der Waals surface area contributed by atoms with Crippen LogP contribution in [0.25, 0.3) is 11.1 Å². The number of likely N-dealkylation sites (N-methyl/N-ethyl adjacent to an activating group) is 1. The second-order valence-corrected chi connectivity index (χ2v) is 9.10. The molecule has 1 amide bonds. The zero-order valence-corrected chi connectivity index (χ0v) is 17.1. The van der Waals surface area contributed by atoms with Gasteiger partial charge in [0.15, 0.2) is 11.5 Å². The Labute approximate surface area is 169 Å². The Morgan fingerprint density at radius 2 is 2.04 bits per heavy atom. The molecule has 1 aromatic carbocycles. The first-order valence-corrected chi connectivity index (χ1v) is 10.8. The minimum atomic E-state index is -0.897. The van der Waals surface area contributed by atoms with E-state index in [0.717, 1.165) is 43.2 Å². The van der Waals surface area contributed by atoms with Crippen molar-refractivity contribution in [3.63, 3.8) is 0 Å². The monoisotopic (exact) mass is 395 g/mol. The maximum atomic E-state index is 13.6. The summed E-state index contributed by atoms with van der Waals surface area (Å²) in [5.41, 5.74) is 9.67. The van der Waals surface area contributed by atoms with Gasteiger partial charge in [0.2, 0.25) is 0 Å². The number of nitrogens with zero attached hydrogens (tertiary/aromatic N) is 2. The number of hydrogen-bond acceptors (Lipinski definition) is 5. The summed E-state index contributed by atoms with van der Waals surface area (Å²) < 4.78 is 5.60. The lowest BCUT2D eigenvalue weighted by Gasteiger charge is -2.45. The van der Waals surface area contributed by atoms with Crippen LogP contribution >= 0.6 is 11.3 Å². The predicted molar refractivity (Wildman–Crippen MR) is 111 cm³/mol. The van der Waals surface area contributed by atoms with E-state index in [1.54, 1.807) is 25.5 Å². The van der Waals surface area contributed by atoms with Crippen LogP contribution < -0.4 is 5.73 Å². The third kappa shape index (κ3) is 2.22. The fourth-order valence-electron chi connectivity index (χ4n) is 5.53. The Hall–Kier alpha value is -2.18. The van der Waals surface area contributed by atoms with Crippen molar-refractivity contribution in [2.24, 2.45) is 16.1 Å². The van der Waals surface area contributed by atoms with Crippen LogP contribution in [0.15, 0.2) is 40.0 Å². The number of amides is 1. The molecule has 1 fully saturated rings. The maximum absolute atomic E-state index is 13.6. The van der Waals surface area contributed by atoms with E-state index in [2.05, 4.69) is 35.0 Å². The highest BCUT2D eigenvalue weighted by molar-refractivity contribution is 7.08. The van der Waals surface area contributed by atoms with Gasteiger partial charge < -0.3 is 10.5 Å². The number of rotatable bonds is 2. The van der Waals surface area contributed by atoms with Crippen molar-refractivity contribution in [1.82, 2.24) is 4.90 Å². The Bertz CT molecular complexity index is 960. The number of nitrogens with two attached hydrogens (primary N) is 1. The molecule has 2 aromatic rings. The standard InChI is InChI=1S/C22H25N3O2S/c1-25-19(26)22(24-20(25)23)18-11-14(16-7-10-28-13-16)3-4-15(18)12-21(22)8-5-17(27-2)6-9-21/h3-4,7,10-11,13,17H,5-6,8-9,12H2,1-2H3,(H2,23,24). The predicted octanol–water partition coefficient (Wildman–Crippen LogP) is 3.53. The highest BCUT2D eigenvalue weighted by Crippen LogP contribution is 2.62. The summed E-state index contributed by atoms with van der Waals surface area (Å²) in [5.74, 6) is 0.342. The average Bonchev–Trinajstić information content (AvgIpc) is 3.39. The van der Waals surface area contributed by atoms with Crippen LogP contribution in [0.4, 0.5) is 0 Å². The van der Waals surface area contributed by atoms with Crippen LogP contribution in [0.1, 0.15) is 36.8 Å². The molecule has 6 heteroatoms. The zero-order valence-electron chi connectivity index (χ0n) is 16.3. The molecule has 1 atom stereocenters. The Balaban J connectivity index is 1.68. The summed E-state index contributed by atoms with van der Waals surface area (Å²) in [4.78, 5) is 20.1. The number of methoxy groups -OCH3 is 1. The summed E-state index contributed by atoms with van der Waals surface area (Å²) >= 11 is 1.68. The molecule has 0 bridgehead atoms. The number of hydrogen-bond donors (Lipinski definition) is 1. The molecule has 3 aliphatic rings. The molecule has 146 valence electrons. The first-order valence-electron chi connectivity index (χ1n) is 9.83. The Kier molecular flexibility index (Phi) is 3.93. The van der Waals surface area contributed by atoms with E-state index in [1.807, 2.05) is 0 Å². The Morgan fingerprint density at radius 3 is 2.64 bits per heavy atom. The molecular formula is C22H25N3O2S. The van der Waals surface area contributed by atoms with Crippen molar-refractivity contribution >= 4 is 23.2 Å². The van der Waals surface area contributed by atoms with Gasteiger partial charge in [-0.05, 0) is 77.3 Å². The topological polar surface area (TPSA) is 67.9 Å². The van der Waals surface area contributed by atoms with Crippen LogP contribution in [0.3, 0.4) is 0 Å². The molecule has 1 aromatic heterocycles. The van der Waals surface area contributed by atoms with E-state index < -0.39 is 5.54 Å². The molecule has 2 N–H and O–H groups in total. The van der Waals surface area contributed by atoms with Crippen molar-refractivity contribution in [1.29, 1.82) is 0 Å². The minimum absolute atomic E-state index is 0.0158. The summed E-state index contributed by atoms with van der Waals surface area (Å²) in [6.45, 7) is 0. The van der Waals surface area contributed by atoms with E-state index in [4.69, 9.17) is 15.5 Å². The molecule has 0 radical (unpaired) electrons. The van der Waals surface area contributed by atoms with Crippen LogP contribution in [-0.4, -0.2) is 37.0 Å². The molecular weight excluding hydrogens is 370 g/mol. The lowest BCUT2D eigenvalue weighted by Crippen LogP contribution is -2.51. The Morgan fingerprint density at radius 1 is 1.25 bits per heavy atom. The highest BCUT2D eigenvalue weighted by atomic mass is 32.1. The van der Waals surface area contributed by atoms with Gasteiger partial charge in [-0.2, -0.15) is 11.3 Å². The fraction of sp³-hybridized carbons (Fsp3) is 0.455. The first-order chi connectivity index (χ1) is 13.5. The third-order valence-corrected chi connectivity index (χ3v) is 7.80. The number of fused-ring (bicyclic) bond motifs is 3. The molecule has 1 aliphatic heterocycles. The van der Waals surface area contributed by atoms with Crippen LogP contribution in [0.5, 0.6) is 0 Å². The van der Waals surface area contributed by atoms with E-state index in [1.165, 1.54) is 16.0 Å². The quantitative estimate of drug-likeness (QED) is 0.846. The summed E-state index contributed by atoms with van der Waals surface area (Å²) in [6, 6.07) is 8.67. The summed E-state index contributed by atoms with van der Waals surface area (Å²) in [5, 5.41) is 4.22. The van der Waals surface area contributed by atoms with Crippen LogP contribution in [-0.2, 0) is 21.5 Å². The third-order valence-electron chi connectivity index (χ3n) is 7.11. The number of ether oxygens (including phenoxy) is 1. The molecule has 1 saturated carbocycles. The number of thiophene rings is 1. The number of carbonyl (C=O) groups excluding carboxylic acids is 1. The van der Waals surface area contributed by atoms with E-state index in [-0.39, 0.29) is 17.4 Å². The van der Waals surface area contributed by atoms with Gasteiger partial charge >= 0.3 is 0 Å². The second-order valence-electron chi connectivity index (χ2n) is 8.32. The van der Waals surface area contributed by atoms with E-state index in [9.17, 15) is 4.79 Å². The largest absolute Gasteiger partial charge is 0.381 e. The number of carbonyl (C=O) groups is 1. The van der Waals surface area contributed by atoms with Gasteiger partial charge in [-0.15, -0.1) is 0 Å². The minimum Gasteiger partial charge on any atom is -0.381 e. The van der Waals surface area contributed by atoms with Crippen molar-refractivity contribution in [3.8, 4) is 11.1 Å². The average molecular weight is 396 g/mol. The van der Waals surface area contributed by atoms with Crippen molar-refractivity contribution in [3.05, 3.63) is 46.2 Å². The first kappa shape index (κ1) is 17.9. The maximum Gasteiger partial charge on any atom is 0.262 e. The molecule has 2 aliphatic carbocycles. The van der Waals surface area contributed by atoms with Gasteiger partial charge in [0.05, 0.1) is 6.10 Å². The number of aliphatic imine (C=N–C) groups is 1. The summed E-state index contributed by atoms with van der Waals surface area (Å²) in [6.07, 6.45) is 4.89.